The van der Waals surface area contributed by atoms with Crippen LogP contribution in [0.3, 0.4) is 0 Å². The molecule has 0 N–H and O–H groups in total. The van der Waals surface area contributed by atoms with Crippen molar-refractivity contribution in [3.63, 3.8) is 0 Å². The Morgan fingerprint density at radius 1 is 1.21 bits per heavy atom. The summed E-state index contributed by atoms with van der Waals surface area (Å²) in [6.07, 6.45) is 0. The van der Waals surface area contributed by atoms with Crippen molar-refractivity contribution in [1.82, 2.24) is 5.06 Å². The van der Waals surface area contributed by atoms with E-state index >= 15 is 0 Å². The second kappa shape index (κ2) is 4.46. The third kappa shape index (κ3) is 2.28. The van der Waals surface area contributed by atoms with E-state index in [1.165, 1.54) is 5.06 Å². The first-order chi connectivity index (χ1) is 8.74. The molecule has 1 aromatic rings. The van der Waals surface area contributed by atoms with E-state index in [-0.39, 0.29) is 11.7 Å². The number of nitrogens with zero attached hydrogens (tertiary/aromatic N) is 1. The van der Waals surface area contributed by atoms with Crippen LogP contribution in [0.2, 0.25) is 0 Å². The van der Waals surface area contributed by atoms with Gasteiger partial charge in [-0.2, -0.15) is 0 Å². The number of rotatable bonds is 1. The van der Waals surface area contributed by atoms with Gasteiger partial charge in [0.25, 0.3) is 5.91 Å². The molecule has 2 rings (SSSR count). The van der Waals surface area contributed by atoms with E-state index in [0.717, 1.165) is 16.7 Å². The molecule has 0 aromatic heterocycles. The standard InChI is InChI=1S/C15H19NO3/c1-9-6-7-11(10(2)8-9)12-13(17)15(3,4)19-16(5)14(12)18/h6-8,12H,1-5H3. The van der Waals surface area contributed by atoms with E-state index in [4.69, 9.17) is 4.84 Å². The Balaban J connectivity index is 2.51. The highest BCUT2D eigenvalue weighted by atomic mass is 16.7. The third-order valence-corrected chi connectivity index (χ3v) is 3.51. The summed E-state index contributed by atoms with van der Waals surface area (Å²) >= 11 is 0. The highest BCUT2D eigenvalue weighted by Crippen LogP contribution is 2.33. The highest BCUT2D eigenvalue weighted by Gasteiger charge is 2.47. The predicted octanol–water partition coefficient (Wildman–Crippen LogP) is 2.14. The van der Waals surface area contributed by atoms with Gasteiger partial charge in [0.2, 0.25) is 0 Å². The van der Waals surface area contributed by atoms with Crippen molar-refractivity contribution in [3.05, 3.63) is 34.9 Å². The van der Waals surface area contributed by atoms with Gasteiger partial charge in [-0.05, 0) is 38.8 Å². The fourth-order valence-corrected chi connectivity index (χ4v) is 2.50. The Labute approximate surface area is 113 Å². The summed E-state index contributed by atoms with van der Waals surface area (Å²) in [5.74, 6) is -1.27. The first kappa shape index (κ1) is 13.7. The summed E-state index contributed by atoms with van der Waals surface area (Å²) in [6, 6.07) is 5.77. The zero-order valence-electron chi connectivity index (χ0n) is 12.0. The number of amides is 1. The number of carbonyl (C=O) groups excluding carboxylic acids is 2. The quantitative estimate of drug-likeness (QED) is 0.728. The van der Waals surface area contributed by atoms with E-state index in [2.05, 4.69) is 0 Å². The molecule has 0 spiro atoms. The minimum Gasteiger partial charge on any atom is -0.295 e. The molecule has 1 fully saturated rings. The van der Waals surface area contributed by atoms with E-state index < -0.39 is 11.5 Å². The number of ketones is 1. The summed E-state index contributed by atoms with van der Waals surface area (Å²) in [5.41, 5.74) is 1.85. The van der Waals surface area contributed by atoms with E-state index in [1.54, 1.807) is 20.9 Å². The second-order valence-corrected chi connectivity index (χ2v) is 5.59. The van der Waals surface area contributed by atoms with Gasteiger partial charge < -0.3 is 0 Å². The van der Waals surface area contributed by atoms with Crippen LogP contribution >= 0.6 is 0 Å². The van der Waals surface area contributed by atoms with Crippen molar-refractivity contribution < 1.29 is 14.4 Å². The molecule has 102 valence electrons. The topological polar surface area (TPSA) is 46.6 Å². The van der Waals surface area contributed by atoms with E-state index in [9.17, 15) is 9.59 Å². The molecule has 1 aromatic carbocycles. The molecule has 19 heavy (non-hydrogen) atoms. The van der Waals surface area contributed by atoms with Gasteiger partial charge in [0, 0.05) is 7.05 Å². The van der Waals surface area contributed by atoms with Gasteiger partial charge in [-0.3, -0.25) is 14.4 Å². The minimum atomic E-state index is -0.981. The van der Waals surface area contributed by atoms with Crippen LogP contribution in [0.5, 0.6) is 0 Å². The molecule has 1 aliphatic rings. The summed E-state index contributed by atoms with van der Waals surface area (Å²) < 4.78 is 0. The van der Waals surface area contributed by atoms with Crippen molar-refractivity contribution >= 4 is 11.7 Å². The van der Waals surface area contributed by atoms with Crippen molar-refractivity contribution in [2.24, 2.45) is 0 Å². The average molecular weight is 261 g/mol. The van der Waals surface area contributed by atoms with Crippen LogP contribution in [0.25, 0.3) is 0 Å². The van der Waals surface area contributed by atoms with Crippen molar-refractivity contribution in [3.8, 4) is 0 Å². The first-order valence-electron chi connectivity index (χ1n) is 6.32. The van der Waals surface area contributed by atoms with Crippen molar-refractivity contribution in [2.45, 2.75) is 39.2 Å². The van der Waals surface area contributed by atoms with Gasteiger partial charge in [-0.15, -0.1) is 0 Å². The normalized spacial score (nSPS) is 22.8. The molecule has 1 saturated heterocycles. The zero-order valence-corrected chi connectivity index (χ0v) is 12.0. The molecule has 1 unspecified atom stereocenters. The summed E-state index contributed by atoms with van der Waals surface area (Å²) in [4.78, 5) is 30.1. The molecule has 0 radical (unpaired) electrons. The number of likely N-dealkylation sites (N-methyl/N-ethyl adjacent to an activating group) is 1. The number of hydrogen-bond acceptors (Lipinski definition) is 3. The van der Waals surface area contributed by atoms with Crippen LogP contribution in [0.15, 0.2) is 18.2 Å². The van der Waals surface area contributed by atoms with Gasteiger partial charge in [0.1, 0.15) is 11.5 Å². The number of benzene rings is 1. The molecule has 0 aliphatic carbocycles. The molecule has 4 heteroatoms. The third-order valence-electron chi connectivity index (χ3n) is 3.51. The zero-order chi connectivity index (χ0) is 14.4. The smallest absolute Gasteiger partial charge is 0.261 e. The number of aryl methyl sites for hydroxylation is 2. The van der Waals surface area contributed by atoms with Gasteiger partial charge in [-0.25, -0.2) is 5.06 Å². The molecule has 4 nitrogen and oxygen atoms in total. The van der Waals surface area contributed by atoms with Gasteiger partial charge in [0.15, 0.2) is 5.78 Å². The number of hydrogen-bond donors (Lipinski definition) is 0. The lowest BCUT2D eigenvalue weighted by Crippen LogP contribution is -2.54. The van der Waals surface area contributed by atoms with E-state index in [1.807, 2.05) is 32.0 Å². The Hall–Kier alpha value is -1.68. The first-order valence-corrected chi connectivity index (χ1v) is 6.32. The molecule has 1 atom stereocenters. The maximum Gasteiger partial charge on any atom is 0.261 e. The summed E-state index contributed by atoms with van der Waals surface area (Å²) in [7, 11) is 1.55. The van der Waals surface area contributed by atoms with Gasteiger partial charge in [-0.1, -0.05) is 23.8 Å². The van der Waals surface area contributed by atoms with Crippen molar-refractivity contribution in [2.75, 3.05) is 7.05 Å². The highest BCUT2D eigenvalue weighted by molar-refractivity contribution is 6.11. The largest absolute Gasteiger partial charge is 0.295 e. The lowest BCUT2D eigenvalue weighted by molar-refractivity contribution is -0.233. The van der Waals surface area contributed by atoms with Crippen LogP contribution in [0, 0.1) is 13.8 Å². The van der Waals surface area contributed by atoms with Crippen LogP contribution in [-0.4, -0.2) is 29.4 Å². The van der Waals surface area contributed by atoms with Crippen LogP contribution in [-0.2, 0) is 14.4 Å². The fraction of sp³-hybridized carbons (Fsp3) is 0.467. The lowest BCUT2D eigenvalue weighted by atomic mass is 9.82. The van der Waals surface area contributed by atoms with Crippen LogP contribution in [0.1, 0.15) is 36.5 Å². The Morgan fingerprint density at radius 2 is 1.84 bits per heavy atom. The number of Topliss-reactive ketones (excluding diaryl/α,β-unsaturated/α-hetero) is 1. The monoisotopic (exact) mass is 261 g/mol. The second-order valence-electron chi connectivity index (χ2n) is 5.59. The summed E-state index contributed by atoms with van der Waals surface area (Å²) in [6.45, 7) is 7.29. The Morgan fingerprint density at radius 3 is 2.42 bits per heavy atom. The molecular weight excluding hydrogens is 242 g/mol. The average Bonchev–Trinajstić information content (AvgIpc) is 2.29. The summed E-state index contributed by atoms with van der Waals surface area (Å²) in [5, 5.41) is 1.17. The maximum atomic E-state index is 12.5. The SMILES string of the molecule is Cc1ccc(C2C(=O)N(C)OC(C)(C)C2=O)c(C)c1. The fourth-order valence-electron chi connectivity index (χ4n) is 2.50. The van der Waals surface area contributed by atoms with Crippen LogP contribution < -0.4 is 0 Å². The molecule has 0 saturated carbocycles. The Bertz CT molecular complexity index is 548. The lowest BCUT2D eigenvalue weighted by Gasteiger charge is -2.38. The number of carbonyl (C=O) groups is 2. The maximum absolute atomic E-state index is 12.5. The molecule has 0 bridgehead atoms. The predicted molar refractivity (Wildman–Crippen MR) is 71.6 cm³/mol. The molecule has 1 amide bonds. The van der Waals surface area contributed by atoms with Crippen molar-refractivity contribution in [1.29, 1.82) is 0 Å². The molecule has 1 aliphatic heterocycles. The van der Waals surface area contributed by atoms with E-state index in [0.29, 0.717) is 0 Å². The number of hydroxylamine groups is 2. The molecule has 1 heterocycles. The van der Waals surface area contributed by atoms with Crippen LogP contribution in [0.4, 0.5) is 0 Å². The minimum absolute atomic E-state index is 0.192. The van der Waals surface area contributed by atoms with Gasteiger partial charge in [0.05, 0.1) is 0 Å². The Kier molecular flexibility index (Phi) is 3.22. The molecular formula is C15H19NO3. The van der Waals surface area contributed by atoms with Gasteiger partial charge >= 0.3 is 0 Å².